The third kappa shape index (κ3) is 5.47. The molecule has 0 bridgehead atoms. The van der Waals surface area contributed by atoms with Crippen LogP contribution in [0.25, 0.3) is 0 Å². The molecule has 0 saturated heterocycles. The Morgan fingerprint density at radius 1 is 1.30 bits per heavy atom. The third-order valence-electron chi connectivity index (χ3n) is 4.49. The van der Waals surface area contributed by atoms with Gasteiger partial charge in [0.05, 0.1) is 16.3 Å². The van der Waals surface area contributed by atoms with E-state index in [1.54, 1.807) is 5.32 Å². The highest BCUT2D eigenvalue weighted by Crippen LogP contribution is 2.41. The van der Waals surface area contributed by atoms with Gasteiger partial charge in [0, 0.05) is 12.6 Å². The van der Waals surface area contributed by atoms with Crippen LogP contribution < -0.4 is 10.6 Å². The molecule has 0 saturated carbocycles. The first-order valence-electron chi connectivity index (χ1n) is 9.09. The third-order valence-corrected chi connectivity index (χ3v) is 4.79. The van der Waals surface area contributed by atoms with E-state index in [1.165, 1.54) is 37.4 Å². The largest absolute Gasteiger partial charge is 0.465 e. The molecule has 2 aromatic rings. The highest BCUT2D eigenvalue weighted by atomic mass is 35.5. The van der Waals surface area contributed by atoms with E-state index in [0.29, 0.717) is 0 Å². The molecule has 2 atom stereocenters. The van der Waals surface area contributed by atoms with Crippen LogP contribution in [0.4, 0.5) is 23.8 Å². The summed E-state index contributed by atoms with van der Waals surface area (Å²) < 4.78 is 44.9. The molecule has 0 aliphatic carbocycles. The lowest BCUT2D eigenvalue weighted by molar-refractivity contribution is -0.208. The maximum Gasteiger partial charge on any atom is 0.425 e. The van der Waals surface area contributed by atoms with Gasteiger partial charge in [-0.3, -0.25) is 4.79 Å². The van der Waals surface area contributed by atoms with Crippen molar-refractivity contribution in [2.45, 2.75) is 31.2 Å². The zero-order chi connectivity index (χ0) is 24.4. The predicted octanol–water partition coefficient (Wildman–Crippen LogP) is 3.44. The molecule has 1 aliphatic heterocycles. The fourth-order valence-corrected chi connectivity index (χ4v) is 3.29. The molecule has 3 N–H and O–H groups in total. The molecule has 14 heteroatoms. The van der Waals surface area contributed by atoms with Gasteiger partial charge in [0.15, 0.2) is 6.10 Å². The number of aliphatic imine (C=N–C) groups is 1. The quantitative estimate of drug-likeness (QED) is 0.606. The van der Waals surface area contributed by atoms with Gasteiger partial charge >= 0.3 is 12.3 Å². The molecule has 0 unspecified atom stereocenters. The van der Waals surface area contributed by atoms with Gasteiger partial charge in [-0.15, -0.1) is 0 Å². The van der Waals surface area contributed by atoms with E-state index >= 15 is 0 Å². The number of nitrogens with zero attached hydrogens (tertiary/aromatic N) is 4. The summed E-state index contributed by atoms with van der Waals surface area (Å²) in [7, 11) is 0. The van der Waals surface area contributed by atoms with Crippen LogP contribution >= 0.6 is 11.6 Å². The Morgan fingerprint density at radius 2 is 2.03 bits per heavy atom. The Kier molecular flexibility index (Phi) is 6.41. The van der Waals surface area contributed by atoms with E-state index in [4.69, 9.17) is 22.0 Å². The minimum Gasteiger partial charge on any atom is -0.465 e. The summed E-state index contributed by atoms with van der Waals surface area (Å²) >= 11 is 6.18. The molecule has 172 valence electrons. The maximum atomic E-state index is 13.4. The average Bonchev–Trinajstić information content (AvgIpc) is 2.73. The Labute approximate surface area is 189 Å². The highest BCUT2D eigenvalue weighted by molar-refractivity contribution is 6.31. The van der Waals surface area contributed by atoms with Crippen molar-refractivity contribution in [2.24, 2.45) is 4.99 Å². The molecule has 33 heavy (non-hydrogen) atoms. The summed E-state index contributed by atoms with van der Waals surface area (Å²) in [6.45, 7) is 1.28. The maximum absolute atomic E-state index is 13.4. The number of rotatable bonds is 3. The number of pyridine rings is 2. The summed E-state index contributed by atoms with van der Waals surface area (Å²) in [5.74, 6) is -0.757. The zero-order valence-corrected chi connectivity index (χ0v) is 17.4. The van der Waals surface area contributed by atoms with Gasteiger partial charge in [0.25, 0.3) is 11.9 Å². The zero-order valence-electron chi connectivity index (χ0n) is 16.6. The van der Waals surface area contributed by atoms with E-state index in [9.17, 15) is 22.8 Å². The van der Waals surface area contributed by atoms with E-state index < -0.39 is 42.3 Å². The molecule has 0 fully saturated rings. The number of amides is 2. The van der Waals surface area contributed by atoms with Gasteiger partial charge in [-0.2, -0.15) is 18.4 Å². The molecule has 3 heterocycles. The van der Waals surface area contributed by atoms with Crippen molar-refractivity contribution in [1.82, 2.24) is 15.3 Å². The number of carbonyl (C=O) groups excluding carboxylic acids is 1. The SMILES string of the molecule is C[C@@]1(c2nc(NC(=O)c3ccc(C#N)cn3)ccc2Cl)C[C@@H](C(F)(F)F)OC(NC(=O)O)=N1. The fourth-order valence-electron chi connectivity index (χ4n) is 2.98. The van der Waals surface area contributed by atoms with Gasteiger partial charge in [-0.25, -0.2) is 25.1 Å². The smallest absolute Gasteiger partial charge is 0.425 e. The van der Waals surface area contributed by atoms with Crippen LogP contribution in [0.5, 0.6) is 0 Å². The Morgan fingerprint density at radius 3 is 2.61 bits per heavy atom. The van der Waals surface area contributed by atoms with Crippen molar-refractivity contribution in [1.29, 1.82) is 5.26 Å². The van der Waals surface area contributed by atoms with Crippen LogP contribution in [0, 0.1) is 11.3 Å². The van der Waals surface area contributed by atoms with Gasteiger partial charge in [0.2, 0.25) is 0 Å². The second-order valence-corrected chi connectivity index (χ2v) is 7.41. The van der Waals surface area contributed by atoms with Crippen LogP contribution in [0.1, 0.15) is 35.1 Å². The highest BCUT2D eigenvalue weighted by Gasteiger charge is 2.51. The number of anilines is 1. The van der Waals surface area contributed by atoms with Crippen LogP contribution in [0.2, 0.25) is 5.02 Å². The summed E-state index contributed by atoms with van der Waals surface area (Å²) in [5.41, 5.74) is -1.68. The Bertz CT molecular complexity index is 1170. The lowest BCUT2D eigenvalue weighted by Gasteiger charge is -2.36. The Balaban J connectivity index is 1.95. The van der Waals surface area contributed by atoms with Crippen LogP contribution in [0.15, 0.2) is 35.5 Å². The van der Waals surface area contributed by atoms with Crippen LogP contribution in [-0.2, 0) is 10.3 Å². The molecular weight excluding hydrogens is 469 g/mol. The number of nitrogens with one attached hydrogen (secondary N) is 2. The van der Waals surface area contributed by atoms with Crippen LogP contribution in [0.3, 0.4) is 0 Å². The number of ether oxygens (including phenoxy) is 1. The standard InChI is InChI=1S/C19H14ClF3N6O4/c1-18(6-12(19(21,22)23)33-16(29-18)28-17(31)32)14-10(20)3-5-13(26-14)27-15(30)11-4-2-9(7-24)8-25-11/h2-5,8,12H,6H2,1H3,(H,28,29)(H,31,32)(H,26,27,30)/t12-,18-/m0/s1. The van der Waals surface area contributed by atoms with Crippen molar-refractivity contribution >= 4 is 35.4 Å². The Hall–Kier alpha value is -3.92. The molecule has 1 aliphatic rings. The molecule has 0 spiro atoms. The van der Waals surface area contributed by atoms with Crippen molar-refractivity contribution in [3.8, 4) is 6.07 Å². The first kappa shape index (κ1) is 23.7. The predicted molar refractivity (Wildman–Crippen MR) is 108 cm³/mol. The molecule has 10 nitrogen and oxygen atoms in total. The fraction of sp³-hybridized carbons (Fsp3) is 0.263. The number of hydrogen-bond acceptors (Lipinski definition) is 7. The number of alkyl halides is 3. The van der Waals surface area contributed by atoms with Crippen LogP contribution in [-0.4, -0.2) is 45.4 Å². The van der Waals surface area contributed by atoms with E-state index in [1.807, 2.05) is 6.07 Å². The lowest BCUT2D eigenvalue weighted by atomic mass is 9.89. The topological polar surface area (TPSA) is 150 Å². The number of carboxylic acid groups (broad SMARTS) is 1. The number of nitriles is 1. The second kappa shape index (κ2) is 8.91. The monoisotopic (exact) mass is 482 g/mol. The van der Waals surface area contributed by atoms with Gasteiger partial charge in [-0.1, -0.05) is 11.6 Å². The first-order chi connectivity index (χ1) is 15.4. The number of amidine groups is 1. The average molecular weight is 483 g/mol. The van der Waals surface area contributed by atoms with Gasteiger partial charge in [0.1, 0.15) is 23.1 Å². The number of halogens is 4. The van der Waals surface area contributed by atoms with Crippen molar-refractivity contribution in [3.63, 3.8) is 0 Å². The van der Waals surface area contributed by atoms with E-state index in [0.717, 1.165) is 0 Å². The molecule has 2 amide bonds. The molecule has 0 radical (unpaired) electrons. The minimum absolute atomic E-state index is 0.0346. The first-order valence-corrected chi connectivity index (χ1v) is 9.47. The summed E-state index contributed by atoms with van der Waals surface area (Å²) in [5, 5.41) is 21.7. The molecule has 2 aromatic heterocycles. The second-order valence-electron chi connectivity index (χ2n) is 7.00. The number of aromatic nitrogens is 2. The van der Waals surface area contributed by atoms with E-state index in [2.05, 4.69) is 25.0 Å². The summed E-state index contributed by atoms with van der Waals surface area (Å²) in [4.78, 5) is 35.3. The molecule has 3 rings (SSSR count). The number of hydrogen-bond donors (Lipinski definition) is 3. The summed E-state index contributed by atoms with van der Waals surface area (Å²) in [6.07, 6.45) is -8.44. The molecule has 0 aromatic carbocycles. The van der Waals surface area contributed by atoms with Crippen molar-refractivity contribution in [2.75, 3.05) is 5.32 Å². The minimum atomic E-state index is -4.83. The van der Waals surface area contributed by atoms with Crippen molar-refractivity contribution < 1.29 is 32.6 Å². The number of carbonyl (C=O) groups is 2. The van der Waals surface area contributed by atoms with Gasteiger partial charge in [-0.05, 0) is 31.2 Å². The van der Waals surface area contributed by atoms with Crippen molar-refractivity contribution in [3.05, 3.63) is 52.4 Å². The van der Waals surface area contributed by atoms with E-state index in [-0.39, 0.29) is 27.8 Å². The normalized spacial score (nSPS) is 20.1. The molecular formula is C19H14ClF3N6O4. The lowest BCUT2D eigenvalue weighted by Crippen LogP contribution is -2.48. The van der Waals surface area contributed by atoms with Gasteiger partial charge < -0.3 is 15.2 Å². The summed E-state index contributed by atoms with van der Waals surface area (Å²) in [6, 6.07) is 6.31.